The minimum atomic E-state index is 0.683. The van der Waals surface area contributed by atoms with E-state index in [0.717, 1.165) is 72.7 Å². The highest BCUT2D eigenvalue weighted by Crippen LogP contribution is 2.39. The van der Waals surface area contributed by atoms with Crippen LogP contribution in [0.4, 0.5) is 0 Å². The first-order valence-electron chi connectivity index (χ1n) is 17.3. The van der Waals surface area contributed by atoms with Gasteiger partial charge in [-0.15, -0.1) is 0 Å². The molecule has 0 spiro atoms. The van der Waals surface area contributed by atoms with Gasteiger partial charge >= 0.3 is 0 Å². The molecule has 0 atom stereocenters. The van der Waals surface area contributed by atoms with E-state index in [1.807, 2.05) is 36.4 Å². The standard InChI is InChI=1S/C47H31N3O/c1-3-12-32(13-4-1)40-28-29-41(49-47(48-40)34-14-5-2-6-15-34)33-24-22-31(23-25-33)35-26-27-38-39-18-11-21-44(46(39)51-45(38)30-35)50-42-19-9-7-16-36(42)37-17-8-10-20-43(37)50/h1-28,30H,29H2. The second-order valence-electron chi connectivity index (χ2n) is 12.9. The van der Waals surface area contributed by atoms with Gasteiger partial charge in [-0.2, -0.15) is 0 Å². The van der Waals surface area contributed by atoms with Crippen LogP contribution in [-0.2, 0) is 0 Å². The number of aliphatic imine (C=N–C) groups is 2. The molecule has 0 N–H and O–H groups in total. The van der Waals surface area contributed by atoms with Crippen LogP contribution in [-0.4, -0.2) is 16.1 Å². The Morgan fingerprint density at radius 3 is 1.78 bits per heavy atom. The Bertz CT molecular complexity index is 2800. The molecule has 0 amide bonds. The fraction of sp³-hybridized carbons (Fsp3) is 0.0213. The molecule has 4 heteroatoms. The van der Waals surface area contributed by atoms with E-state index >= 15 is 0 Å². The van der Waals surface area contributed by atoms with Gasteiger partial charge in [0.1, 0.15) is 5.58 Å². The fourth-order valence-electron chi connectivity index (χ4n) is 7.42. The van der Waals surface area contributed by atoms with E-state index in [0.29, 0.717) is 6.42 Å². The van der Waals surface area contributed by atoms with Crippen molar-refractivity contribution in [3.8, 4) is 16.8 Å². The highest BCUT2D eigenvalue weighted by molar-refractivity contribution is 6.16. The molecule has 0 fully saturated rings. The summed E-state index contributed by atoms with van der Waals surface area (Å²) in [6, 6.07) is 59.4. The summed E-state index contributed by atoms with van der Waals surface area (Å²) in [5, 5.41) is 4.68. The molecular weight excluding hydrogens is 623 g/mol. The predicted molar refractivity (Wildman–Crippen MR) is 212 cm³/mol. The van der Waals surface area contributed by atoms with Crippen molar-refractivity contribution in [1.82, 2.24) is 4.57 Å². The molecule has 2 aromatic heterocycles. The number of para-hydroxylation sites is 3. The van der Waals surface area contributed by atoms with Gasteiger partial charge in [-0.3, -0.25) is 0 Å². The van der Waals surface area contributed by atoms with E-state index in [9.17, 15) is 0 Å². The van der Waals surface area contributed by atoms with Gasteiger partial charge in [0, 0.05) is 33.5 Å². The lowest BCUT2D eigenvalue weighted by Gasteiger charge is -2.08. The van der Waals surface area contributed by atoms with Gasteiger partial charge in [0.2, 0.25) is 0 Å². The topological polar surface area (TPSA) is 42.8 Å². The zero-order valence-corrected chi connectivity index (χ0v) is 27.7. The average Bonchev–Trinajstić information content (AvgIpc) is 3.65. The first-order valence-corrected chi connectivity index (χ1v) is 17.3. The predicted octanol–water partition coefficient (Wildman–Crippen LogP) is 12.0. The number of hydrogen-bond donors (Lipinski definition) is 0. The quantitative estimate of drug-likeness (QED) is 0.182. The first kappa shape index (κ1) is 29.2. The summed E-state index contributed by atoms with van der Waals surface area (Å²) in [4.78, 5) is 10.2. The van der Waals surface area contributed by atoms with Crippen molar-refractivity contribution in [1.29, 1.82) is 0 Å². The Balaban J connectivity index is 1.02. The summed E-state index contributed by atoms with van der Waals surface area (Å²) in [5.41, 5.74) is 12.4. The van der Waals surface area contributed by atoms with Crippen LogP contribution in [0.5, 0.6) is 0 Å². The molecule has 1 aliphatic rings. The lowest BCUT2D eigenvalue weighted by molar-refractivity contribution is 0.666. The number of allylic oxidation sites excluding steroid dienone is 1. The highest BCUT2D eigenvalue weighted by Gasteiger charge is 2.18. The molecule has 240 valence electrons. The Labute approximate surface area is 295 Å². The molecule has 7 aromatic carbocycles. The minimum absolute atomic E-state index is 0.683. The van der Waals surface area contributed by atoms with Gasteiger partial charge < -0.3 is 8.98 Å². The van der Waals surface area contributed by atoms with Gasteiger partial charge in [-0.05, 0) is 52.6 Å². The van der Waals surface area contributed by atoms with E-state index in [2.05, 4.69) is 144 Å². The van der Waals surface area contributed by atoms with Crippen LogP contribution in [0.25, 0.3) is 66.3 Å². The van der Waals surface area contributed by atoms with Crippen molar-refractivity contribution >= 4 is 61.0 Å². The van der Waals surface area contributed by atoms with E-state index in [-0.39, 0.29) is 0 Å². The molecule has 10 rings (SSSR count). The third kappa shape index (κ3) is 5.00. The summed E-state index contributed by atoms with van der Waals surface area (Å²) >= 11 is 0. The van der Waals surface area contributed by atoms with Crippen molar-refractivity contribution < 1.29 is 4.42 Å². The number of nitrogens with zero attached hydrogens (tertiary/aromatic N) is 3. The SMILES string of the molecule is C1=C(c2ccccc2)N=C(c2ccccc2)N=C(c2ccc(-c3ccc4c(c3)oc3c(-n5c6ccccc6c6ccccc65)cccc34)cc2)C1. The van der Waals surface area contributed by atoms with Crippen LogP contribution in [0.1, 0.15) is 23.1 Å². The highest BCUT2D eigenvalue weighted by atomic mass is 16.3. The summed E-state index contributed by atoms with van der Waals surface area (Å²) < 4.78 is 9.07. The zero-order valence-electron chi connectivity index (χ0n) is 27.7. The number of amidine groups is 1. The number of rotatable bonds is 5. The fourth-order valence-corrected chi connectivity index (χ4v) is 7.42. The lowest BCUT2D eigenvalue weighted by atomic mass is 9.99. The van der Waals surface area contributed by atoms with Crippen LogP contribution in [0.15, 0.2) is 190 Å². The van der Waals surface area contributed by atoms with Gasteiger partial charge in [0.25, 0.3) is 0 Å². The van der Waals surface area contributed by atoms with Crippen LogP contribution < -0.4 is 0 Å². The number of fused-ring (bicyclic) bond motifs is 6. The second kappa shape index (κ2) is 12.0. The maximum Gasteiger partial charge on any atom is 0.160 e. The van der Waals surface area contributed by atoms with Crippen LogP contribution in [0.2, 0.25) is 0 Å². The number of benzene rings is 7. The monoisotopic (exact) mass is 653 g/mol. The molecule has 0 aliphatic carbocycles. The molecule has 9 aromatic rings. The van der Waals surface area contributed by atoms with Gasteiger partial charge in [0.05, 0.1) is 28.1 Å². The summed E-state index contributed by atoms with van der Waals surface area (Å²) in [6.07, 6.45) is 2.86. The summed E-state index contributed by atoms with van der Waals surface area (Å²) in [6.45, 7) is 0. The van der Waals surface area contributed by atoms with Gasteiger partial charge in [0.15, 0.2) is 11.4 Å². The van der Waals surface area contributed by atoms with Crippen LogP contribution >= 0.6 is 0 Å². The minimum Gasteiger partial charge on any atom is -0.454 e. The molecular formula is C47H31N3O. The van der Waals surface area contributed by atoms with Crippen molar-refractivity contribution in [3.05, 3.63) is 193 Å². The van der Waals surface area contributed by atoms with E-state index < -0.39 is 0 Å². The third-order valence-corrected chi connectivity index (χ3v) is 9.91. The molecule has 4 nitrogen and oxygen atoms in total. The van der Waals surface area contributed by atoms with Gasteiger partial charge in [-0.1, -0.05) is 146 Å². The normalized spacial score (nSPS) is 13.4. The van der Waals surface area contributed by atoms with E-state index in [1.54, 1.807) is 0 Å². The zero-order chi connectivity index (χ0) is 33.7. The maximum absolute atomic E-state index is 6.74. The van der Waals surface area contributed by atoms with Gasteiger partial charge in [-0.25, -0.2) is 9.98 Å². The molecule has 0 radical (unpaired) electrons. The van der Waals surface area contributed by atoms with Crippen molar-refractivity contribution in [3.63, 3.8) is 0 Å². The largest absolute Gasteiger partial charge is 0.454 e. The number of furan rings is 1. The van der Waals surface area contributed by atoms with Crippen molar-refractivity contribution in [2.75, 3.05) is 0 Å². The Morgan fingerprint density at radius 1 is 0.451 bits per heavy atom. The molecule has 3 heterocycles. The summed E-state index contributed by atoms with van der Waals surface area (Å²) in [7, 11) is 0. The molecule has 0 unspecified atom stereocenters. The second-order valence-corrected chi connectivity index (χ2v) is 12.9. The Kier molecular flexibility index (Phi) is 6.85. The van der Waals surface area contributed by atoms with E-state index in [1.165, 1.54) is 21.8 Å². The van der Waals surface area contributed by atoms with Crippen LogP contribution in [0, 0.1) is 0 Å². The van der Waals surface area contributed by atoms with E-state index in [4.69, 9.17) is 14.4 Å². The van der Waals surface area contributed by atoms with Crippen LogP contribution in [0.3, 0.4) is 0 Å². The van der Waals surface area contributed by atoms with Crippen molar-refractivity contribution in [2.24, 2.45) is 9.98 Å². The molecule has 0 bridgehead atoms. The third-order valence-electron chi connectivity index (χ3n) is 9.91. The van der Waals surface area contributed by atoms with Crippen molar-refractivity contribution in [2.45, 2.75) is 6.42 Å². The molecule has 0 saturated carbocycles. The Morgan fingerprint density at radius 2 is 1.06 bits per heavy atom. The lowest BCUT2D eigenvalue weighted by Crippen LogP contribution is -2.04. The molecule has 0 saturated heterocycles. The number of hydrogen-bond acceptors (Lipinski definition) is 3. The summed E-state index contributed by atoms with van der Waals surface area (Å²) in [5.74, 6) is 0.720. The molecule has 1 aliphatic heterocycles. The Hall–Kier alpha value is -6.78. The smallest absolute Gasteiger partial charge is 0.160 e. The average molecular weight is 654 g/mol. The molecule has 51 heavy (non-hydrogen) atoms. The number of aromatic nitrogens is 1. The first-order chi connectivity index (χ1) is 25.3. The maximum atomic E-state index is 6.74.